The quantitative estimate of drug-likeness (QED) is 0.651. The summed E-state index contributed by atoms with van der Waals surface area (Å²) in [4.78, 5) is 0. The lowest BCUT2D eigenvalue weighted by molar-refractivity contribution is 0.662. The van der Waals surface area contributed by atoms with Gasteiger partial charge in [-0.2, -0.15) is 0 Å². The van der Waals surface area contributed by atoms with Crippen LogP contribution in [0, 0.1) is 6.54 Å². The van der Waals surface area contributed by atoms with Crippen molar-refractivity contribution in [3.63, 3.8) is 0 Å². The number of hydrogen-bond acceptors (Lipinski definition) is 1. The molecule has 0 fully saturated rings. The van der Waals surface area contributed by atoms with Crippen LogP contribution in [0.3, 0.4) is 0 Å². The number of hydrogen-bond donors (Lipinski definition) is 1. The van der Waals surface area contributed by atoms with Gasteiger partial charge in [-0.05, 0) is 37.8 Å². The summed E-state index contributed by atoms with van der Waals surface area (Å²) < 4.78 is 0. The van der Waals surface area contributed by atoms with Crippen LogP contribution in [-0.2, 0) is 6.42 Å². The lowest BCUT2D eigenvalue weighted by atomic mass is 10.1. The van der Waals surface area contributed by atoms with Gasteiger partial charge in [0.05, 0.1) is 0 Å². The zero-order valence-corrected chi connectivity index (χ0v) is 9.00. The van der Waals surface area contributed by atoms with Crippen LogP contribution in [0.2, 0.25) is 0 Å². The Bertz CT molecular complexity index is 218. The Morgan fingerprint density at radius 3 is 2.64 bits per heavy atom. The molecule has 0 spiro atoms. The molecule has 1 nitrogen and oxygen atoms in total. The molecular formula is C13H20N. The Morgan fingerprint density at radius 1 is 1.14 bits per heavy atom. The molecule has 0 bridgehead atoms. The van der Waals surface area contributed by atoms with E-state index in [2.05, 4.69) is 49.1 Å². The zero-order valence-electron chi connectivity index (χ0n) is 9.00. The molecular weight excluding hydrogens is 170 g/mol. The Labute approximate surface area is 87.5 Å². The van der Waals surface area contributed by atoms with Crippen LogP contribution in [0.1, 0.15) is 31.7 Å². The highest BCUT2D eigenvalue weighted by Crippen LogP contribution is 2.03. The second kappa shape index (κ2) is 7.57. The molecule has 0 saturated heterocycles. The van der Waals surface area contributed by atoms with E-state index >= 15 is 0 Å². The number of aryl methyl sites for hydroxylation is 1. The van der Waals surface area contributed by atoms with Crippen molar-refractivity contribution in [2.45, 2.75) is 32.6 Å². The SMILES string of the molecule is CC[CH]NCCCCc1ccccc1. The fourth-order valence-electron chi connectivity index (χ4n) is 1.45. The molecule has 0 aliphatic heterocycles. The van der Waals surface area contributed by atoms with Crippen molar-refractivity contribution < 1.29 is 0 Å². The van der Waals surface area contributed by atoms with Crippen LogP contribution in [0.4, 0.5) is 0 Å². The molecule has 1 aromatic rings. The number of rotatable bonds is 7. The highest BCUT2D eigenvalue weighted by Gasteiger charge is 1.91. The smallest absolute Gasteiger partial charge is 0.0218 e. The first kappa shape index (κ1) is 11.3. The Morgan fingerprint density at radius 2 is 1.93 bits per heavy atom. The van der Waals surface area contributed by atoms with Gasteiger partial charge in [0.15, 0.2) is 0 Å². The van der Waals surface area contributed by atoms with E-state index in [1.54, 1.807) is 0 Å². The topological polar surface area (TPSA) is 12.0 Å². The molecule has 14 heavy (non-hydrogen) atoms. The summed E-state index contributed by atoms with van der Waals surface area (Å²) >= 11 is 0. The molecule has 1 aromatic carbocycles. The maximum absolute atomic E-state index is 3.30. The number of nitrogens with one attached hydrogen (secondary N) is 1. The molecule has 1 N–H and O–H groups in total. The van der Waals surface area contributed by atoms with Gasteiger partial charge in [-0.1, -0.05) is 37.3 Å². The van der Waals surface area contributed by atoms with Crippen LogP contribution < -0.4 is 5.32 Å². The summed E-state index contributed by atoms with van der Waals surface area (Å²) in [5.74, 6) is 0. The minimum absolute atomic E-state index is 1.11. The van der Waals surface area contributed by atoms with E-state index in [9.17, 15) is 0 Å². The third kappa shape index (κ3) is 5.03. The molecule has 0 atom stereocenters. The number of unbranched alkanes of at least 4 members (excludes halogenated alkanes) is 1. The van der Waals surface area contributed by atoms with Crippen LogP contribution >= 0.6 is 0 Å². The molecule has 0 aliphatic rings. The van der Waals surface area contributed by atoms with Gasteiger partial charge in [0.25, 0.3) is 0 Å². The van der Waals surface area contributed by atoms with E-state index in [-0.39, 0.29) is 0 Å². The van der Waals surface area contributed by atoms with E-state index in [0.717, 1.165) is 13.0 Å². The van der Waals surface area contributed by atoms with Gasteiger partial charge >= 0.3 is 0 Å². The maximum Gasteiger partial charge on any atom is 0.0218 e. The van der Waals surface area contributed by atoms with Crippen molar-refractivity contribution in [2.75, 3.05) is 6.54 Å². The van der Waals surface area contributed by atoms with Crippen molar-refractivity contribution in [2.24, 2.45) is 0 Å². The summed E-state index contributed by atoms with van der Waals surface area (Å²) in [6.07, 6.45) is 4.84. The van der Waals surface area contributed by atoms with E-state index in [1.807, 2.05) is 0 Å². The Hall–Kier alpha value is -0.820. The molecule has 77 valence electrons. The van der Waals surface area contributed by atoms with Crippen LogP contribution in [-0.4, -0.2) is 6.54 Å². The zero-order chi connectivity index (χ0) is 10.1. The first-order valence-corrected chi connectivity index (χ1v) is 5.52. The predicted octanol–water partition coefficient (Wildman–Crippen LogP) is 3.17. The average Bonchev–Trinajstić information content (AvgIpc) is 2.25. The molecule has 0 amide bonds. The van der Waals surface area contributed by atoms with E-state index in [1.165, 1.54) is 24.8 Å². The minimum atomic E-state index is 1.11. The molecule has 1 radical (unpaired) electrons. The summed E-state index contributed by atoms with van der Waals surface area (Å²) in [5, 5.41) is 3.30. The second-order valence-corrected chi connectivity index (χ2v) is 3.51. The lowest BCUT2D eigenvalue weighted by Gasteiger charge is -2.02. The molecule has 0 aliphatic carbocycles. The van der Waals surface area contributed by atoms with Crippen LogP contribution in [0.5, 0.6) is 0 Å². The average molecular weight is 190 g/mol. The minimum Gasteiger partial charge on any atom is -0.312 e. The normalized spacial score (nSPS) is 10.4. The fraction of sp³-hybridized carbons (Fsp3) is 0.462. The van der Waals surface area contributed by atoms with Crippen molar-refractivity contribution in [3.05, 3.63) is 42.4 Å². The van der Waals surface area contributed by atoms with Gasteiger partial charge in [0.2, 0.25) is 0 Å². The molecule has 1 rings (SSSR count). The van der Waals surface area contributed by atoms with Gasteiger partial charge in [-0.25, -0.2) is 0 Å². The Balaban J connectivity index is 1.99. The second-order valence-electron chi connectivity index (χ2n) is 3.51. The summed E-state index contributed by atoms with van der Waals surface area (Å²) in [6.45, 7) is 5.39. The van der Waals surface area contributed by atoms with Crippen molar-refractivity contribution in [3.8, 4) is 0 Å². The molecule has 0 aromatic heterocycles. The molecule has 1 heteroatoms. The summed E-state index contributed by atoms with van der Waals surface area (Å²) in [5.41, 5.74) is 1.45. The molecule has 0 unspecified atom stereocenters. The van der Waals surface area contributed by atoms with E-state index in [4.69, 9.17) is 0 Å². The van der Waals surface area contributed by atoms with Crippen LogP contribution in [0.15, 0.2) is 30.3 Å². The van der Waals surface area contributed by atoms with Gasteiger partial charge in [-0.3, -0.25) is 0 Å². The van der Waals surface area contributed by atoms with Gasteiger partial charge in [-0.15, -0.1) is 0 Å². The fourth-order valence-corrected chi connectivity index (χ4v) is 1.45. The van der Waals surface area contributed by atoms with Crippen LogP contribution in [0.25, 0.3) is 0 Å². The first-order chi connectivity index (χ1) is 6.93. The van der Waals surface area contributed by atoms with Crippen molar-refractivity contribution >= 4 is 0 Å². The molecule has 0 saturated carbocycles. The lowest BCUT2D eigenvalue weighted by Crippen LogP contribution is -2.10. The first-order valence-electron chi connectivity index (χ1n) is 5.52. The predicted molar refractivity (Wildman–Crippen MR) is 62.0 cm³/mol. The highest BCUT2D eigenvalue weighted by molar-refractivity contribution is 5.14. The largest absolute Gasteiger partial charge is 0.312 e. The maximum atomic E-state index is 3.30. The van der Waals surface area contributed by atoms with Gasteiger partial charge in [0.1, 0.15) is 0 Å². The van der Waals surface area contributed by atoms with Gasteiger partial charge < -0.3 is 5.32 Å². The monoisotopic (exact) mass is 190 g/mol. The summed E-state index contributed by atoms with van der Waals surface area (Å²) in [7, 11) is 0. The van der Waals surface area contributed by atoms with E-state index in [0.29, 0.717) is 0 Å². The highest BCUT2D eigenvalue weighted by atomic mass is 14.8. The van der Waals surface area contributed by atoms with Crippen molar-refractivity contribution in [1.82, 2.24) is 5.32 Å². The Kier molecular flexibility index (Phi) is 6.09. The van der Waals surface area contributed by atoms with Gasteiger partial charge in [0, 0.05) is 6.54 Å². The summed E-state index contributed by atoms with van der Waals surface area (Å²) in [6, 6.07) is 10.7. The third-order valence-corrected chi connectivity index (χ3v) is 2.23. The third-order valence-electron chi connectivity index (χ3n) is 2.23. The van der Waals surface area contributed by atoms with E-state index < -0.39 is 0 Å². The number of benzene rings is 1. The van der Waals surface area contributed by atoms with Crippen molar-refractivity contribution in [1.29, 1.82) is 0 Å². The molecule has 0 heterocycles. The standard InChI is InChI=1S/C13H20N/c1-2-11-14-12-7-6-10-13-8-4-3-5-9-13/h3-5,8-9,11,14H,2,6-7,10,12H2,1H3.